The fourth-order valence-corrected chi connectivity index (χ4v) is 1.84. The minimum atomic E-state index is -0.468. The lowest BCUT2D eigenvalue weighted by Crippen LogP contribution is -2.15. The van der Waals surface area contributed by atoms with Crippen molar-refractivity contribution in [2.75, 3.05) is 126 Å². The monoisotopic (exact) mass is 430 g/mol. The van der Waals surface area contributed by atoms with E-state index in [0.717, 1.165) is 0 Å². The van der Waals surface area contributed by atoms with Gasteiger partial charge in [-0.15, -0.1) is 0 Å². The maximum Gasteiger partial charge on any atom is 0.113 e. The van der Waals surface area contributed by atoms with Crippen LogP contribution in [0.4, 0.5) is 4.39 Å². The van der Waals surface area contributed by atoms with Crippen LogP contribution < -0.4 is 0 Å². The Morgan fingerprint density at radius 3 is 0.759 bits per heavy atom. The lowest BCUT2D eigenvalue weighted by Gasteiger charge is -2.08. The second-order valence-electron chi connectivity index (χ2n) is 5.58. The van der Waals surface area contributed by atoms with Crippen molar-refractivity contribution in [3.63, 3.8) is 0 Å². The zero-order valence-electron chi connectivity index (χ0n) is 17.8. The van der Waals surface area contributed by atoms with Crippen LogP contribution in [0.15, 0.2) is 0 Å². The first-order valence-electron chi connectivity index (χ1n) is 10.1. The second kappa shape index (κ2) is 27.6. The summed E-state index contributed by atoms with van der Waals surface area (Å²) in [5.74, 6) is 0. The Labute approximate surface area is 173 Å². The molecular weight excluding hydrogens is 391 g/mol. The Bertz CT molecular complexity index is 262. The number of hydrogen-bond donors (Lipinski definition) is 0. The van der Waals surface area contributed by atoms with E-state index in [1.54, 1.807) is 7.11 Å². The van der Waals surface area contributed by atoms with Gasteiger partial charge in [-0.3, -0.25) is 0 Å². The first-order valence-corrected chi connectivity index (χ1v) is 10.1. The van der Waals surface area contributed by atoms with Gasteiger partial charge >= 0.3 is 0 Å². The number of methoxy groups -OCH3 is 1. The average molecular weight is 431 g/mol. The number of ether oxygens (including phenoxy) is 9. The van der Waals surface area contributed by atoms with Crippen LogP contribution in [0.25, 0.3) is 0 Å². The fourth-order valence-electron chi connectivity index (χ4n) is 1.84. The topological polar surface area (TPSA) is 83.1 Å². The molecule has 0 aliphatic heterocycles. The molecule has 176 valence electrons. The van der Waals surface area contributed by atoms with Gasteiger partial charge in [0.15, 0.2) is 0 Å². The van der Waals surface area contributed by atoms with E-state index >= 15 is 0 Å². The zero-order chi connectivity index (χ0) is 21.1. The summed E-state index contributed by atoms with van der Waals surface area (Å²) in [6.45, 7) is 7.90. The van der Waals surface area contributed by atoms with Crippen molar-refractivity contribution in [3.05, 3.63) is 0 Å². The summed E-state index contributed by atoms with van der Waals surface area (Å²) in [5.41, 5.74) is 0. The molecule has 0 spiro atoms. The van der Waals surface area contributed by atoms with Crippen molar-refractivity contribution in [2.24, 2.45) is 0 Å². The first kappa shape index (κ1) is 28.6. The zero-order valence-corrected chi connectivity index (χ0v) is 17.8. The van der Waals surface area contributed by atoms with Crippen molar-refractivity contribution in [3.8, 4) is 0 Å². The Hall–Kier alpha value is -0.430. The third-order valence-electron chi connectivity index (χ3n) is 3.26. The third kappa shape index (κ3) is 27.6. The Morgan fingerprint density at radius 1 is 0.345 bits per heavy atom. The van der Waals surface area contributed by atoms with Crippen molar-refractivity contribution in [2.45, 2.75) is 0 Å². The van der Waals surface area contributed by atoms with E-state index in [9.17, 15) is 4.39 Å². The van der Waals surface area contributed by atoms with Crippen molar-refractivity contribution >= 4 is 0 Å². The number of hydrogen-bond acceptors (Lipinski definition) is 9. The molecule has 0 aliphatic rings. The van der Waals surface area contributed by atoms with Crippen molar-refractivity contribution < 1.29 is 47.0 Å². The Balaban J connectivity index is 2.97. The first-order chi connectivity index (χ1) is 14.4. The maximum atomic E-state index is 11.8. The van der Waals surface area contributed by atoms with Crippen LogP contribution in [-0.4, -0.2) is 126 Å². The molecule has 0 heterocycles. The van der Waals surface area contributed by atoms with Gasteiger partial charge in [0.2, 0.25) is 0 Å². The SMILES string of the molecule is COCCOCCOCCOCCOCCOCCOCCOCCOCCF. The lowest BCUT2D eigenvalue weighted by molar-refractivity contribution is -0.0244. The molecule has 0 aromatic rings. The second-order valence-corrected chi connectivity index (χ2v) is 5.58. The van der Waals surface area contributed by atoms with Gasteiger partial charge in [0.1, 0.15) is 6.67 Å². The molecule has 0 radical (unpaired) electrons. The van der Waals surface area contributed by atoms with E-state index in [4.69, 9.17) is 42.6 Å². The molecule has 0 aromatic heterocycles. The normalized spacial score (nSPS) is 11.4. The van der Waals surface area contributed by atoms with Gasteiger partial charge in [-0.05, 0) is 0 Å². The number of alkyl halides is 1. The number of halogens is 1. The molecule has 0 rings (SSSR count). The predicted octanol–water partition coefficient (Wildman–Crippen LogP) is 0.735. The smallest absolute Gasteiger partial charge is 0.113 e. The van der Waals surface area contributed by atoms with E-state index in [-0.39, 0.29) is 6.61 Å². The standard InChI is InChI=1S/C19H39FO9/c1-21-4-5-23-8-9-25-12-13-27-16-17-29-19-18-28-15-14-26-11-10-24-7-6-22-3-2-20/h2-19H2,1H3. The highest BCUT2D eigenvalue weighted by molar-refractivity contribution is 4.37. The predicted molar refractivity (Wildman–Crippen MR) is 104 cm³/mol. The van der Waals surface area contributed by atoms with E-state index < -0.39 is 6.67 Å². The summed E-state index contributed by atoms with van der Waals surface area (Å²) in [7, 11) is 1.64. The Kier molecular flexibility index (Phi) is 27.2. The quantitative estimate of drug-likeness (QED) is 0.185. The van der Waals surface area contributed by atoms with Crippen molar-refractivity contribution in [1.29, 1.82) is 0 Å². The van der Waals surface area contributed by atoms with Crippen LogP contribution in [0.1, 0.15) is 0 Å². The van der Waals surface area contributed by atoms with Gasteiger partial charge < -0.3 is 42.6 Å². The average Bonchev–Trinajstić information content (AvgIpc) is 2.74. The molecule has 0 aromatic carbocycles. The summed E-state index contributed by atoms with van der Waals surface area (Å²) in [4.78, 5) is 0. The summed E-state index contributed by atoms with van der Waals surface area (Å²) < 4.78 is 59.0. The van der Waals surface area contributed by atoms with Gasteiger partial charge in [0, 0.05) is 7.11 Å². The van der Waals surface area contributed by atoms with Crippen LogP contribution in [0.5, 0.6) is 0 Å². The Morgan fingerprint density at radius 2 is 0.552 bits per heavy atom. The van der Waals surface area contributed by atoms with Gasteiger partial charge in [-0.2, -0.15) is 0 Å². The van der Waals surface area contributed by atoms with E-state index in [1.165, 1.54) is 0 Å². The molecule has 0 amide bonds. The van der Waals surface area contributed by atoms with Crippen LogP contribution in [-0.2, 0) is 42.6 Å². The molecule has 9 nitrogen and oxygen atoms in total. The fraction of sp³-hybridized carbons (Fsp3) is 1.00. The highest BCUT2D eigenvalue weighted by atomic mass is 19.1. The van der Waals surface area contributed by atoms with E-state index in [2.05, 4.69) is 0 Å². The highest BCUT2D eigenvalue weighted by Gasteiger charge is 1.95. The van der Waals surface area contributed by atoms with Crippen LogP contribution in [0.3, 0.4) is 0 Å². The van der Waals surface area contributed by atoms with E-state index in [1.807, 2.05) is 0 Å². The van der Waals surface area contributed by atoms with Crippen molar-refractivity contribution in [1.82, 2.24) is 0 Å². The van der Waals surface area contributed by atoms with Crippen LogP contribution in [0.2, 0.25) is 0 Å². The largest absolute Gasteiger partial charge is 0.382 e. The molecule has 0 atom stereocenters. The summed E-state index contributed by atoms with van der Waals surface area (Å²) in [6.07, 6.45) is 0. The minimum Gasteiger partial charge on any atom is -0.382 e. The summed E-state index contributed by atoms with van der Waals surface area (Å²) in [5, 5.41) is 0. The summed E-state index contributed by atoms with van der Waals surface area (Å²) in [6, 6.07) is 0. The highest BCUT2D eigenvalue weighted by Crippen LogP contribution is 1.86. The molecule has 0 saturated carbocycles. The van der Waals surface area contributed by atoms with Crippen LogP contribution >= 0.6 is 0 Å². The van der Waals surface area contributed by atoms with Gasteiger partial charge in [-0.25, -0.2) is 4.39 Å². The number of rotatable bonds is 26. The minimum absolute atomic E-state index is 0.120. The molecule has 10 heteroatoms. The lowest BCUT2D eigenvalue weighted by atomic mass is 10.6. The maximum absolute atomic E-state index is 11.8. The molecule has 0 N–H and O–H groups in total. The van der Waals surface area contributed by atoms with E-state index in [0.29, 0.717) is 106 Å². The molecule has 0 bridgehead atoms. The molecular formula is C19H39FO9. The molecule has 0 fully saturated rings. The molecule has 29 heavy (non-hydrogen) atoms. The summed E-state index contributed by atoms with van der Waals surface area (Å²) >= 11 is 0. The molecule has 0 saturated heterocycles. The van der Waals surface area contributed by atoms with Gasteiger partial charge in [0.25, 0.3) is 0 Å². The van der Waals surface area contributed by atoms with Gasteiger partial charge in [-0.1, -0.05) is 0 Å². The third-order valence-corrected chi connectivity index (χ3v) is 3.26. The van der Waals surface area contributed by atoms with Crippen LogP contribution in [0, 0.1) is 0 Å². The van der Waals surface area contributed by atoms with Gasteiger partial charge in [0.05, 0.1) is 112 Å². The molecule has 0 unspecified atom stereocenters. The molecule has 0 aliphatic carbocycles.